The van der Waals surface area contributed by atoms with Crippen molar-refractivity contribution in [2.45, 2.75) is 32.7 Å². The molecule has 0 heterocycles. The van der Waals surface area contributed by atoms with Crippen LogP contribution in [0.1, 0.15) is 25.0 Å². The zero-order valence-electron chi connectivity index (χ0n) is 12.9. The topological polar surface area (TPSA) is 61.6 Å². The van der Waals surface area contributed by atoms with Crippen molar-refractivity contribution in [3.63, 3.8) is 0 Å². The predicted molar refractivity (Wildman–Crippen MR) is 85.3 cm³/mol. The fraction of sp³-hybridized carbons (Fsp3) is 0.278. The zero-order valence-corrected chi connectivity index (χ0v) is 12.9. The summed E-state index contributed by atoms with van der Waals surface area (Å²) in [7, 11) is 0. The largest absolute Gasteiger partial charge is 0.478 e. The van der Waals surface area contributed by atoms with Crippen LogP contribution in [-0.4, -0.2) is 11.5 Å². The Morgan fingerprint density at radius 2 is 1.64 bits per heavy atom. The number of para-hydroxylation sites is 1. The summed E-state index contributed by atoms with van der Waals surface area (Å²) in [5.41, 5.74) is 6.28. The van der Waals surface area contributed by atoms with Crippen molar-refractivity contribution < 1.29 is 14.3 Å². The molecule has 0 aromatic heterocycles. The average Bonchev–Trinajstić information content (AvgIpc) is 2.49. The van der Waals surface area contributed by atoms with Crippen LogP contribution in [0.5, 0.6) is 5.75 Å². The summed E-state index contributed by atoms with van der Waals surface area (Å²) >= 11 is 0. The van der Waals surface area contributed by atoms with Crippen molar-refractivity contribution in [1.29, 1.82) is 0 Å². The van der Waals surface area contributed by atoms with E-state index in [1.165, 1.54) is 0 Å². The Morgan fingerprint density at radius 3 is 2.32 bits per heavy atom. The Bertz CT molecular complexity index is 623. The Kier molecular flexibility index (Phi) is 5.17. The van der Waals surface area contributed by atoms with Gasteiger partial charge < -0.3 is 15.2 Å². The maximum absolute atomic E-state index is 11.4. The van der Waals surface area contributed by atoms with E-state index in [1.54, 1.807) is 13.8 Å². The molecule has 2 rings (SSSR count). The summed E-state index contributed by atoms with van der Waals surface area (Å²) in [6, 6.07) is 17.4. The van der Waals surface area contributed by atoms with Crippen LogP contribution in [0.2, 0.25) is 0 Å². The van der Waals surface area contributed by atoms with E-state index in [0.29, 0.717) is 19.0 Å². The van der Waals surface area contributed by atoms with Crippen molar-refractivity contribution in [1.82, 2.24) is 0 Å². The first kappa shape index (κ1) is 16.0. The van der Waals surface area contributed by atoms with Crippen LogP contribution in [0.4, 0.5) is 0 Å². The van der Waals surface area contributed by atoms with Crippen LogP contribution >= 0.6 is 0 Å². The van der Waals surface area contributed by atoms with E-state index in [9.17, 15) is 4.79 Å². The molecule has 0 bridgehead atoms. The zero-order chi connectivity index (χ0) is 16.0. The van der Waals surface area contributed by atoms with Crippen molar-refractivity contribution in [3.05, 3.63) is 65.7 Å². The number of carbonyl (C=O) groups is 1. The molecule has 1 amide bonds. The van der Waals surface area contributed by atoms with E-state index in [4.69, 9.17) is 15.2 Å². The van der Waals surface area contributed by atoms with Gasteiger partial charge in [-0.1, -0.05) is 48.5 Å². The molecule has 0 unspecified atom stereocenters. The standard InChI is InChI=1S/C18H21NO3/c1-18(2,17(19)20)22-16-11-7-6-10-15(16)13-21-12-14-8-4-3-5-9-14/h3-11H,12-13H2,1-2H3,(H2,19,20). The third-order valence-electron chi connectivity index (χ3n) is 3.30. The van der Waals surface area contributed by atoms with Gasteiger partial charge in [-0.05, 0) is 25.5 Å². The van der Waals surface area contributed by atoms with E-state index in [2.05, 4.69) is 0 Å². The van der Waals surface area contributed by atoms with Crippen LogP contribution in [0.3, 0.4) is 0 Å². The third-order valence-corrected chi connectivity index (χ3v) is 3.30. The van der Waals surface area contributed by atoms with Gasteiger partial charge in [-0.3, -0.25) is 4.79 Å². The number of ether oxygens (including phenoxy) is 2. The molecule has 116 valence electrons. The van der Waals surface area contributed by atoms with E-state index in [-0.39, 0.29) is 0 Å². The quantitative estimate of drug-likeness (QED) is 0.854. The lowest BCUT2D eigenvalue weighted by atomic mass is 10.1. The van der Waals surface area contributed by atoms with E-state index < -0.39 is 11.5 Å². The highest BCUT2D eigenvalue weighted by molar-refractivity contribution is 5.82. The molecule has 2 aromatic carbocycles. The molecule has 2 N–H and O–H groups in total. The fourth-order valence-corrected chi connectivity index (χ4v) is 1.90. The molecule has 0 aliphatic heterocycles. The summed E-state index contributed by atoms with van der Waals surface area (Å²) < 4.78 is 11.5. The Morgan fingerprint density at radius 1 is 1.00 bits per heavy atom. The lowest BCUT2D eigenvalue weighted by Gasteiger charge is -2.24. The highest BCUT2D eigenvalue weighted by atomic mass is 16.5. The first-order valence-electron chi connectivity index (χ1n) is 7.17. The first-order chi connectivity index (χ1) is 10.5. The Hall–Kier alpha value is -2.33. The highest BCUT2D eigenvalue weighted by Crippen LogP contribution is 2.24. The molecule has 4 nitrogen and oxygen atoms in total. The van der Waals surface area contributed by atoms with Gasteiger partial charge in [-0.25, -0.2) is 0 Å². The van der Waals surface area contributed by atoms with E-state index in [1.807, 2.05) is 54.6 Å². The van der Waals surface area contributed by atoms with E-state index >= 15 is 0 Å². The van der Waals surface area contributed by atoms with E-state index in [0.717, 1.165) is 11.1 Å². The lowest BCUT2D eigenvalue weighted by molar-refractivity contribution is -0.130. The number of hydrogen-bond acceptors (Lipinski definition) is 3. The van der Waals surface area contributed by atoms with Crippen LogP contribution in [-0.2, 0) is 22.7 Å². The van der Waals surface area contributed by atoms with Crippen molar-refractivity contribution in [3.8, 4) is 5.75 Å². The smallest absolute Gasteiger partial charge is 0.261 e. The SMILES string of the molecule is CC(C)(Oc1ccccc1COCc1ccccc1)C(N)=O. The van der Waals surface area contributed by atoms with Gasteiger partial charge in [0.15, 0.2) is 5.60 Å². The minimum Gasteiger partial charge on any atom is -0.478 e. The Labute approximate surface area is 130 Å². The molecule has 0 atom stereocenters. The molecule has 0 spiro atoms. The molecular weight excluding hydrogens is 278 g/mol. The molecule has 0 aliphatic carbocycles. The summed E-state index contributed by atoms with van der Waals surface area (Å²) in [6.07, 6.45) is 0. The molecule has 0 saturated carbocycles. The number of benzene rings is 2. The number of amides is 1. The number of hydrogen-bond donors (Lipinski definition) is 1. The van der Waals surface area contributed by atoms with Crippen LogP contribution < -0.4 is 10.5 Å². The number of rotatable bonds is 7. The molecule has 22 heavy (non-hydrogen) atoms. The maximum atomic E-state index is 11.4. The normalized spacial score (nSPS) is 11.2. The van der Waals surface area contributed by atoms with Gasteiger partial charge in [0.25, 0.3) is 5.91 Å². The second kappa shape index (κ2) is 7.09. The van der Waals surface area contributed by atoms with Crippen molar-refractivity contribution in [2.24, 2.45) is 5.73 Å². The predicted octanol–water partition coefficient (Wildman–Crippen LogP) is 3.05. The second-order valence-corrected chi connectivity index (χ2v) is 5.56. The monoisotopic (exact) mass is 299 g/mol. The summed E-state index contributed by atoms with van der Waals surface area (Å²) in [5.74, 6) is 0.104. The van der Waals surface area contributed by atoms with Gasteiger partial charge in [0.1, 0.15) is 5.75 Å². The lowest BCUT2D eigenvalue weighted by Crippen LogP contribution is -2.43. The molecule has 0 radical (unpaired) electrons. The van der Waals surface area contributed by atoms with Crippen molar-refractivity contribution >= 4 is 5.91 Å². The third kappa shape index (κ3) is 4.33. The van der Waals surface area contributed by atoms with Gasteiger partial charge in [0.2, 0.25) is 0 Å². The maximum Gasteiger partial charge on any atom is 0.261 e. The molecule has 2 aromatic rings. The van der Waals surface area contributed by atoms with Gasteiger partial charge >= 0.3 is 0 Å². The molecular formula is C18H21NO3. The summed E-state index contributed by atoms with van der Waals surface area (Å²) in [6.45, 7) is 4.22. The minimum atomic E-state index is -1.06. The molecule has 0 fully saturated rings. The van der Waals surface area contributed by atoms with Gasteiger partial charge in [0.05, 0.1) is 13.2 Å². The van der Waals surface area contributed by atoms with Crippen molar-refractivity contribution in [2.75, 3.05) is 0 Å². The van der Waals surface area contributed by atoms with Crippen LogP contribution in [0, 0.1) is 0 Å². The summed E-state index contributed by atoms with van der Waals surface area (Å²) in [4.78, 5) is 11.4. The molecule has 0 saturated heterocycles. The Balaban J connectivity index is 2.01. The average molecular weight is 299 g/mol. The van der Waals surface area contributed by atoms with Gasteiger partial charge in [-0.2, -0.15) is 0 Å². The van der Waals surface area contributed by atoms with Gasteiger partial charge in [0, 0.05) is 5.56 Å². The second-order valence-electron chi connectivity index (χ2n) is 5.56. The number of primary amides is 1. The van der Waals surface area contributed by atoms with Crippen LogP contribution in [0.25, 0.3) is 0 Å². The number of nitrogens with two attached hydrogens (primary N) is 1. The van der Waals surface area contributed by atoms with Crippen LogP contribution in [0.15, 0.2) is 54.6 Å². The first-order valence-corrected chi connectivity index (χ1v) is 7.17. The molecule has 4 heteroatoms. The summed E-state index contributed by atoms with van der Waals surface area (Å²) in [5, 5.41) is 0. The number of carbonyl (C=O) groups excluding carboxylic acids is 1. The van der Waals surface area contributed by atoms with Gasteiger partial charge in [-0.15, -0.1) is 0 Å². The highest BCUT2D eigenvalue weighted by Gasteiger charge is 2.27. The fourth-order valence-electron chi connectivity index (χ4n) is 1.90. The minimum absolute atomic E-state index is 0.403. The molecule has 0 aliphatic rings.